The van der Waals surface area contributed by atoms with E-state index < -0.39 is 0 Å². The van der Waals surface area contributed by atoms with Crippen LogP contribution < -0.4 is 5.73 Å². The van der Waals surface area contributed by atoms with E-state index in [1.54, 1.807) is 0 Å². The van der Waals surface area contributed by atoms with Crippen LogP contribution in [0.5, 0.6) is 0 Å². The van der Waals surface area contributed by atoms with Crippen molar-refractivity contribution in [3.05, 3.63) is 35.4 Å². The van der Waals surface area contributed by atoms with Crippen LogP contribution in [0.15, 0.2) is 24.3 Å². The van der Waals surface area contributed by atoms with E-state index in [4.69, 9.17) is 18.0 Å². The van der Waals surface area contributed by atoms with Gasteiger partial charge in [0.1, 0.15) is 0 Å². The molecule has 0 fully saturated rings. The Labute approximate surface area is 127 Å². The van der Waals surface area contributed by atoms with Crippen molar-refractivity contribution in [1.82, 2.24) is 4.90 Å². The number of hydrogen-bond acceptors (Lipinski definition) is 2. The summed E-state index contributed by atoms with van der Waals surface area (Å²) in [6.07, 6.45) is 0.559. The molecule has 0 saturated carbocycles. The highest BCUT2D eigenvalue weighted by atomic mass is 32.1. The van der Waals surface area contributed by atoms with Gasteiger partial charge in [0.25, 0.3) is 5.91 Å². The van der Waals surface area contributed by atoms with Gasteiger partial charge in [0.15, 0.2) is 0 Å². The molecule has 4 heteroatoms. The number of nitrogens with zero attached hydrogens (tertiary/aromatic N) is 1. The summed E-state index contributed by atoms with van der Waals surface area (Å²) in [6, 6.07) is 7.96. The van der Waals surface area contributed by atoms with Gasteiger partial charge in [-0.1, -0.05) is 38.2 Å². The molecule has 20 heavy (non-hydrogen) atoms. The molecule has 1 amide bonds. The second-order valence-corrected chi connectivity index (χ2v) is 6.11. The topological polar surface area (TPSA) is 46.3 Å². The summed E-state index contributed by atoms with van der Waals surface area (Å²) in [4.78, 5) is 14.8. The van der Waals surface area contributed by atoms with Gasteiger partial charge in [-0.05, 0) is 37.5 Å². The molecule has 0 unspecified atom stereocenters. The molecule has 1 aromatic rings. The monoisotopic (exact) mass is 292 g/mol. The van der Waals surface area contributed by atoms with Crippen LogP contribution in [0.4, 0.5) is 0 Å². The molecule has 0 aromatic heterocycles. The zero-order valence-corrected chi connectivity index (χ0v) is 13.5. The van der Waals surface area contributed by atoms with Gasteiger partial charge < -0.3 is 10.6 Å². The molecule has 0 aliphatic carbocycles. The Balaban J connectivity index is 2.86. The Hall–Kier alpha value is -1.42. The van der Waals surface area contributed by atoms with Crippen molar-refractivity contribution in [3.8, 4) is 0 Å². The first-order valence-corrected chi connectivity index (χ1v) is 7.43. The molecule has 0 spiro atoms. The van der Waals surface area contributed by atoms with Crippen LogP contribution >= 0.6 is 12.2 Å². The first kappa shape index (κ1) is 16.6. The SMILES string of the molecule is CC(C)c1ccc(C(=O)N(CCC(N)=S)C(C)C)cc1. The lowest BCUT2D eigenvalue weighted by Crippen LogP contribution is -2.39. The molecule has 1 rings (SSSR count). The van der Waals surface area contributed by atoms with Crippen molar-refractivity contribution < 1.29 is 4.79 Å². The summed E-state index contributed by atoms with van der Waals surface area (Å²) in [5.74, 6) is 0.501. The Bertz CT molecular complexity index is 466. The molecule has 0 bridgehead atoms. The highest BCUT2D eigenvalue weighted by Crippen LogP contribution is 2.16. The maximum absolute atomic E-state index is 12.5. The predicted octanol–water partition coefficient (Wildman–Crippen LogP) is 3.34. The van der Waals surface area contributed by atoms with E-state index in [-0.39, 0.29) is 11.9 Å². The van der Waals surface area contributed by atoms with Crippen molar-refractivity contribution in [2.45, 2.75) is 46.1 Å². The van der Waals surface area contributed by atoms with Gasteiger partial charge in [0.05, 0.1) is 4.99 Å². The quantitative estimate of drug-likeness (QED) is 0.818. The fourth-order valence-electron chi connectivity index (χ4n) is 2.00. The summed E-state index contributed by atoms with van der Waals surface area (Å²) in [5, 5.41) is 0. The van der Waals surface area contributed by atoms with E-state index in [0.29, 0.717) is 29.4 Å². The third-order valence-corrected chi connectivity index (χ3v) is 3.51. The number of amides is 1. The van der Waals surface area contributed by atoms with Crippen molar-refractivity contribution >= 4 is 23.1 Å². The van der Waals surface area contributed by atoms with Crippen molar-refractivity contribution in [1.29, 1.82) is 0 Å². The molecule has 0 saturated heterocycles. The summed E-state index contributed by atoms with van der Waals surface area (Å²) >= 11 is 4.89. The van der Waals surface area contributed by atoms with Gasteiger partial charge in [0, 0.05) is 24.6 Å². The molecule has 0 heterocycles. The van der Waals surface area contributed by atoms with Crippen molar-refractivity contribution in [3.63, 3.8) is 0 Å². The van der Waals surface area contributed by atoms with Gasteiger partial charge in [-0.3, -0.25) is 4.79 Å². The number of nitrogens with two attached hydrogens (primary N) is 1. The van der Waals surface area contributed by atoms with Gasteiger partial charge >= 0.3 is 0 Å². The molecule has 1 aromatic carbocycles. The normalized spacial score (nSPS) is 10.9. The zero-order chi connectivity index (χ0) is 15.3. The second-order valence-electron chi connectivity index (χ2n) is 5.59. The third kappa shape index (κ3) is 4.60. The minimum atomic E-state index is 0.0338. The van der Waals surface area contributed by atoms with Gasteiger partial charge in [-0.2, -0.15) is 0 Å². The van der Waals surface area contributed by atoms with Crippen LogP contribution in [0.3, 0.4) is 0 Å². The van der Waals surface area contributed by atoms with Crippen LogP contribution in [0.25, 0.3) is 0 Å². The standard InChI is InChI=1S/C16H24N2OS/c1-11(2)13-5-7-14(8-6-13)16(19)18(12(3)4)10-9-15(17)20/h5-8,11-12H,9-10H2,1-4H3,(H2,17,20). The Kier molecular flexibility index (Phi) is 6.14. The molecule has 0 aliphatic heterocycles. The summed E-state index contributed by atoms with van der Waals surface area (Å²) in [6.45, 7) is 8.84. The van der Waals surface area contributed by atoms with E-state index in [9.17, 15) is 4.79 Å². The highest BCUT2D eigenvalue weighted by molar-refractivity contribution is 7.80. The Morgan fingerprint density at radius 3 is 2.15 bits per heavy atom. The number of carbonyl (C=O) groups excluding carboxylic acids is 1. The van der Waals surface area contributed by atoms with Crippen molar-refractivity contribution in [2.75, 3.05) is 6.54 Å². The van der Waals surface area contributed by atoms with E-state index in [1.165, 1.54) is 5.56 Å². The van der Waals surface area contributed by atoms with Gasteiger partial charge in [-0.15, -0.1) is 0 Å². The number of thiocarbonyl (C=S) groups is 1. The number of benzene rings is 1. The van der Waals surface area contributed by atoms with E-state index in [0.717, 1.165) is 0 Å². The van der Waals surface area contributed by atoms with E-state index >= 15 is 0 Å². The lowest BCUT2D eigenvalue weighted by molar-refractivity contribution is 0.0711. The highest BCUT2D eigenvalue weighted by Gasteiger charge is 2.18. The smallest absolute Gasteiger partial charge is 0.254 e. The van der Waals surface area contributed by atoms with Crippen LogP contribution in [-0.4, -0.2) is 28.4 Å². The summed E-state index contributed by atoms with van der Waals surface area (Å²) in [7, 11) is 0. The minimum absolute atomic E-state index is 0.0338. The average Bonchev–Trinajstić information content (AvgIpc) is 2.38. The molecule has 0 radical (unpaired) electrons. The van der Waals surface area contributed by atoms with Gasteiger partial charge in [0.2, 0.25) is 0 Å². The van der Waals surface area contributed by atoms with E-state index in [2.05, 4.69) is 13.8 Å². The first-order chi connectivity index (χ1) is 9.32. The largest absolute Gasteiger partial charge is 0.393 e. The fourth-order valence-corrected chi connectivity index (χ4v) is 2.09. The van der Waals surface area contributed by atoms with E-state index in [1.807, 2.05) is 43.0 Å². The number of carbonyl (C=O) groups is 1. The third-order valence-electron chi connectivity index (χ3n) is 3.31. The molecular weight excluding hydrogens is 268 g/mol. The fraction of sp³-hybridized carbons (Fsp3) is 0.500. The molecule has 2 N–H and O–H groups in total. The minimum Gasteiger partial charge on any atom is -0.393 e. The first-order valence-electron chi connectivity index (χ1n) is 7.02. The lowest BCUT2D eigenvalue weighted by atomic mass is 10.0. The van der Waals surface area contributed by atoms with Crippen molar-refractivity contribution in [2.24, 2.45) is 5.73 Å². The van der Waals surface area contributed by atoms with Gasteiger partial charge in [-0.25, -0.2) is 0 Å². The lowest BCUT2D eigenvalue weighted by Gasteiger charge is -2.27. The Morgan fingerprint density at radius 2 is 1.75 bits per heavy atom. The number of hydrogen-bond donors (Lipinski definition) is 1. The maximum Gasteiger partial charge on any atom is 0.254 e. The summed E-state index contributed by atoms with van der Waals surface area (Å²) < 4.78 is 0. The maximum atomic E-state index is 12.5. The molecule has 0 aliphatic rings. The average molecular weight is 292 g/mol. The van der Waals surface area contributed by atoms with Crippen LogP contribution in [0, 0.1) is 0 Å². The van der Waals surface area contributed by atoms with Crippen LogP contribution in [0.1, 0.15) is 56.0 Å². The predicted molar refractivity (Wildman–Crippen MR) is 88.1 cm³/mol. The Morgan fingerprint density at radius 1 is 1.20 bits per heavy atom. The second kappa shape index (κ2) is 7.39. The zero-order valence-electron chi connectivity index (χ0n) is 12.7. The molecule has 110 valence electrons. The van der Waals surface area contributed by atoms with Crippen LogP contribution in [-0.2, 0) is 0 Å². The number of rotatable bonds is 6. The summed E-state index contributed by atoms with van der Waals surface area (Å²) in [5.41, 5.74) is 7.48. The molecule has 3 nitrogen and oxygen atoms in total. The molecule has 0 atom stereocenters. The molecular formula is C16H24N2OS. The van der Waals surface area contributed by atoms with Crippen LogP contribution in [0.2, 0.25) is 0 Å².